The SMILES string of the molecule is Cc1nc2cc(NC(=O)c3c[nH]c(=O)cn3)ccc2o1. The molecule has 0 unspecified atom stereocenters. The second-order valence-electron chi connectivity index (χ2n) is 4.17. The van der Waals surface area contributed by atoms with Gasteiger partial charge in [0.15, 0.2) is 11.5 Å². The van der Waals surface area contributed by atoms with Crippen LogP contribution in [-0.4, -0.2) is 20.9 Å². The molecule has 100 valence electrons. The summed E-state index contributed by atoms with van der Waals surface area (Å²) in [6.07, 6.45) is 2.32. The second kappa shape index (κ2) is 4.61. The minimum atomic E-state index is -0.416. The van der Waals surface area contributed by atoms with Crippen LogP contribution in [0.25, 0.3) is 11.1 Å². The van der Waals surface area contributed by atoms with E-state index in [0.29, 0.717) is 22.7 Å². The Morgan fingerprint density at radius 3 is 3.00 bits per heavy atom. The van der Waals surface area contributed by atoms with Gasteiger partial charge in [0.2, 0.25) is 0 Å². The highest BCUT2D eigenvalue weighted by molar-refractivity contribution is 6.03. The average molecular weight is 270 g/mol. The lowest BCUT2D eigenvalue weighted by Gasteiger charge is -2.03. The molecule has 3 aromatic rings. The maximum absolute atomic E-state index is 11.9. The van der Waals surface area contributed by atoms with E-state index in [1.165, 1.54) is 6.20 Å². The molecule has 0 aliphatic heterocycles. The minimum absolute atomic E-state index is 0.126. The van der Waals surface area contributed by atoms with Gasteiger partial charge in [0.25, 0.3) is 11.5 Å². The number of nitrogens with zero attached hydrogens (tertiary/aromatic N) is 2. The Morgan fingerprint density at radius 1 is 1.40 bits per heavy atom. The lowest BCUT2D eigenvalue weighted by atomic mass is 10.2. The number of aryl methyl sites for hydroxylation is 1. The van der Waals surface area contributed by atoms with E-state index in [-0.39, 0.29) is 11.3 Å². The number of oxazole rings is 1. The van der Waals surface area contributed by atoms with Crippen LogP contribution in [0, 0.1) is 6.92 Å². The first-order chi connectivity index (χ1) is 9.61. The lowest BCUT2D eigenvalue weighted by molar-refractivity contribution is 0.102. The van der Waals surface area contributed by atoms with Crippen molar-refractivity contribution in [1.82, 2.24) is 15.0 Å². The predicted molar refractivity (Wildman–Crippen MR) is 71.6 cm³/mol. The van der Waals surface area contributed by atoms with Crippen molar-refractivity contribution in [3.8, 4) is 0 Å². The zero-order valence-corrected chi connectivity index (χ0v) is 10.5. The first-order valence-corrected chi connectivity index (χ1v) is 5.85. The summed E-state index contributed by atoms with van der Waals surface area (Å²) in [5, 5.41) is 2.67. The molecule has 0 atom stereocenters. The Bertz CT molecular complexity index is 830. The summed E-state index contributed by atoms with van der Waals surface area (Å²) < 4.78 is 5.35. The minimum Gasteiger partial charge on any atom is -0.441 e. The highest BCUT2D eigenvalue weighted by Crippen LogP contribution is 2.19. The molecule has 0 spiro atoms. The summed E-state index contributed by atoms with van der Waals surface area (Å²) in [6, 6.07) is 5.14. The maximum atomic E-state index is 11.9. The van der Waals surface area contributed by atoms with Crippen LogP contribution in [0.5, 0.6) is 0 Å². The molecule has 0 aliphatic carbocycles. The molecule has 0 saturated carbocycles. The van der Waals surface area contributed by atoms with Crippen molar-refractivity contribution in [2.24, 2.45) is 0 Å². The van der Waals surface area contributed by atoms with Crippen LogP contribution in [0.4, 0.5) is 5.69 Å². The number of H-pyrrole nitrogens is 1. The summed E-state index contributed by atoms with van der Waals surface area (Å²) in [6.45, 7) is 1.75. The van der Waals surface area contributed by atoms with Gasteiger partial charge in [-0.1, -0.05) is 0 Å². The van der Waals surface area contributed by atoms with E-state index < -0.39 is 5.91 Å². The van der Waals surface area contributed by atoms with Gasteiger partial charge in [-0.05, 0) is 18.2 Å². The van der Waals surface area contributed by atoms with Crippen LogP contribution in [-0.2, 0) is 0 Å². The number of amides is 1. The molecule has 0 aliphatic rings. The highest BCUT2D eigenvalue weighted by atomic mass is 16.3. The van der Waals surface area contributed by atoms with Crippen molar-refractivity contribution in [1.29, 1.82) is 0 Å². The number of benzene rings is 1. The molecule has 0 bridgehead atoms. The highest BCUT2D eigenvalue weighted by Gasteiger charge is 2.09. The molecule has 0 radical (unpaired) electrons. The molecule has 1 amide bonds. The molecule has 7 nitrogen and oxygen atoms in total. The molecule has 20 heavy (non-hydrogen) atoms. The number of aromatic nitrogens is 3. The summed E-state index contributed by atoms with van der Waals surface area (Å²) in [4.78, 5) is 33.1. The van der Waals surface area contributed by atoms with Gasteiger partial charge >= 0.3 is 0 Å². The lowest BCUT2D eigenvalue weighted by Crippen LogP contribution is -2.16. The second-order valence-corrected chi connectivity index (χ2v) is 4.17. The third-order valence-electron chi connectivity index (χ3n) is 2.66. The van der Waals surface area contributed by atoms with E-state index in [1.54, 1.807) is 25.1 Å². The normalized spacial score (nSPS) is 10.7. The van der Waals surface area contributed by atoms with Crippen LogP contribution < -0.4 is 10.9 Å². The Morgan fingerprint density at radius 2 is 2.25 bits per heavy atom. The predicted octanol–water partition coefficient (Wildman–Crippen LogP) is 1.47. The quantitative estimate of drug-likeness (QED) is 0.734. The molecular weight excluding hydrogens is 260 g/mol. The van der Waals surface area contributed by atoms with E-state index in [9.17, 15) is 9.59 Å². The Kier molecular flexibility index (Phi) is 2.79. The fourth-order valence-corrected chi connectivity index (χ4v) is 1.78. The zero-order chi connectivity index (χ0) is 14.1. The Balaban J connectivity index is 1.86. The van der Waals surface area contributed by atoms with Crippen LogP contribution in [0.3, 0.4) is 0 Å². The van der Waals surface area contributed by atoms with Crippen LogP contribution in [0.2, 0.25) is 0 Å². The molecule has 1 aromatic carbocycles. The number of aromatic amines is 1. The van der Waals surface area contributed by atoms with Crippen molar-refractivity contribution in [2.45, 2.75) is 6.92 Å². The van der Waals surface area contributed by atoms with E-state index in [4.69, 9.17) is 4.42 Å². The van der Waals surface area contributed by atoms with Crippen LogP contribution in [0.15, 0.2) is 39.8 Å². The number of carbonyl (C=O) groups is 1. The van der Waals surface area contributed by atoms with Gasteiger partial charge in [-0.2, -0.15) is 0 Å². The largest absolute Gasteiger partial charge is 0.441 e. The Hall–Kier alpha value is -2.96. The van der Waals surface area contributed by atoms with Crippen molar-refractivity contribution in [2.75, 3.05) is 5.32 Å². The number of fused-ring (bicyclic) bond motifs is 1. The number of rotatable bonds is 2. The summed E-state index contributed by atoms with van der Waals surface area (Å²) in [5.41, 5.74) is 1.66. The number of carbonyl (C=O) groups excluding carboxylic acids is 1. The molecule has 0 fully saturated rings. The van der Waals surface area contributed by atoms with Crippen molar-refractivity contribution in [3.63, 3.8) is 0 Å². The van der Waals surface area contributed by atoms with Crippen LogP contribution in [0.1, 0.15) is 16.4 Å². The number of hydrogen-bond donors (Lipinski definition) is 2. The fraction of sp³-hybridized carbons (Fsp3) is 0.0769. The fourth-order valence-electron chi connectivity index (χ4n) is 1.78. The maximum Gasteiger partial charge on any atom is 0.275 e. The molecule has 7 heteroatoms. The first-order valence-electron chi connectivity index (χ1n) is 5.85. The zero-order valence-electron chi connectivity index (χ0n) is 10.5. The van der Waals surface area contributed by atoms with Gasteiger partial charge in [0.1, 0.15) is 11.2 Å². The smallest absolute Gasteiger partial charge is 0.275 e. The Labute approximate surface area is 112 Å². The van der Waals surface area contributed by atoms with Gasteiger partial charge in [-0.25, -0.2) is 9.97 Å². The monoisotopic (exact) mass is 270 g/mol. The standard InChI is InChI=1S/C13H10N4O3/c1-7-16-9-4-8(2-3-11(9)20-7)17-13(19)10-5-15-12(18)6-14-10/h2-6H,1H3,(H,15,18)(H,17,19). The number of hydrogen-bond acceptors (Lipinski definition) is 5. The van der Waals surface area contributed by atoms with E-state index >= 15 is 0 Å². The topological polar surface area (TPSA) is 101 Å². The van der Waals surface area contributed by atoms with Gasteiger partial charge < -0.3 is 14.7 Å². The molecular formula is C13H10N4O3. The van der Waals surface area contributed by atoms with E-state index in [1.807, 2.05) is 0 Å². The van der Waals surface area contributed by atoms with Crippen molar-refractivity contribution >= 4 is 22.7 Å². The number of anilines is 1. The van der Waals surface area contributed by atoms with Gasteiger partial charge in [-0.15, -0.1) is 0 Å². The van der Waals surface area contributed by atoms with Gasteiger partial charge in [0.05, 0.1) is 6.20 Å². The summed E-state index contributed by atoms with van der Waals surface area (Å²) >= 11 is 0. The van der Waals surface area contributed by atoms with E-state index in [0.717, 1.165) is 6.20 Å². The molecule has 0 saturated heterocycles. The third kappa shape index (κ3) is 2.28. The number of nitrogens with one attached hydrogen (secondary N) is 2. The van der Waals surface area contributed by atoms with Gasteiger partial charge in [-0.3, -0.25) is 9.59 Å². The first kappa shape index (κ1) is 12.1. The molecule has 2 aromatic heterocycles. The summed E-state index contributed by atoms with van der Waals surface area (Å²) in [5.74, 6) is 0.145. The van der Waals surface area contributed by atoms with Crippen molar-refractivity contribution < 1.29 is 9.21 Å². The average Bonchev–Trinajstić information content (AvgIpc) is 2.78. The van der Waals surface area contributed by atoms with Gasteiger partial charge in [0, 0.05) is 18.8 Å². The van der Waals surface area contributed by atoms with E-state index in [2.05, 4.69) is 20.3 Å². The molecule has 3 rings (SSSR count). The molecule has 2 N–H and O–H groups in total. The van der Waals surface area contributed by atoms with Crippen LogP contribution >= 0.6 is 0 Å². The third-order valence-corrected chi connectivity index (χ3v) is 2.66. The summed E-state index contributed by atoms with van der Waals surface area (Å²) in [7, 11) is 0. The molecule has 2 heterocycles. The van der Waals surface area contributed by atoms with Crippen molar-refractivity contribution in [3.05, 3.63) is 52.5 Å².